The van der Waals surface area contributed by atoms with E-state index in [-0.39, 0.29) is 0 Å². The molecule has 0 atom stereocenters. The van der Waals surface area contributed by atoms with Gasteiger partial charge in [-0.15, -0.1) is 0 Å². The van der Waals surface area contributed by atoms with Crippen molar-refractivity contribution in [3.05, 3.63) is 0 Å². The smallest absolute Gasteiger partial charge is 0.100 e. The molecular formula is C8H13NO. The lowest BCUT2D eigenvalue weighted by molar-refractivity contribution is 0.241. The zero-order chi connectivity index (χ0) is 6.66. The van der Waals surface area contributed by atoms with Crippen molar-refractivity contribution in [3.8, 4) is 0 Å². The van der Waals surface area contributed by atoms with Gasteiger partial charge in [0.15, 0.2) is 0 Å². The Balaban J connectivity index is 1.80. The van der Waals surface area contributed by atoms with Crippen LogP contribution in [0.1, 0.15) is 25.7 Å². The molecule has 56 valence electrons. The van der Waals surface area contributed by atoms with Crippen LogP contribution < -0.4 is 5.32 Å². The second-order valence-electron chi connectivity index (χ2n) is 3.84. The van der Waals surface area contributed by atoms with Crippen LogP contribution in [0, 0.1) is 0 Å². The average Bonchev–Trinajstić information content (AvgIpc) is 2.81. The Kier molecular flexibility index (Phi) is 0.783. The van der Waals surface area contributed by atoms with Crippen molar-refractivity contribution in [2.45, 2.75) is 36.9 Å². The molecule has 2 aliphatic heterocycles. The van der Waals surface area contributed by atoms with E-state index in [0.717, 1.165) is 0 Å². The first-order valence-electron chi connectivity index (χ1n) is 4.28. The first-order chi connectivity index (χ1) is 4.87. The number of rotatable bonds is 0. The maximum absolute atomic E-state index is 5.80. The summed E-state index contributed by atoms with van der Waals surface area (Å²) in [4.78, 5) is 0. The minimum Gasteiger partial charge on any atom is -0.362 e. The highest BCUT2D eigenvalue weighted by Gasteiger charge is 2.75. The van der Waals surface area contributed by atoms with Gasteiger partial charge >= 0.3 is 0 Å². The van der Waals surface area contributed by atoms with Crippen molar-refractivity contribution in [2.75, 3.05) is 13.1 Å². The molecule has 3 rings (SSSR count). The Bertz CT molecular complexity index is 168. The van der Waals surface area contributed by atoms with Gasteiger partial charge < -0.3 is 10.1 Å². The van der Waals surface area contributed by atoms with Crippen molar-refractivity contribution in [3.63, 3.8) is 0 Å². The molecular weight excluding hydrogens is 126 g/mol. The highest BCUT2D eigenvalue weighted by molar-refractivity contribution is 5.25. The summed E-state index contributed by atoms with van der Waals surface area (Å²) in [5.74, 6) is 0. The molecule has 3 fully saturated rings. The molecule has 0 bridgehead atoms. The molecule has 1 saturated carbocycles. The summed E-state index contributed by atoms with van der Waals surface area (Å²) in [5, 5.41) is 3.37. The van der Waals surface area contributed by atoms with E-state index in [9.17, 15) is 0 Å². The lowest BCUT2D eigenvalue weighted by Crippen LogP contribution is -2.35. The predicted octanol–water partition coefficient (Wildman–Crippen LogP) is 0.671. The zero-order valence-electron chi connectivity index (χ0n) is 6.15. The van der Waals surface area contributed by atoms with Gasteiger partial charge in [0.25, 0.3) is 0 Å². The summed E-state index contributed by atoms with van der Waals surface area (Å²) < 4.78 is 5.80. The van der Waals surface area contributed by atoms with Crippen LogP contribution in [0.15, 0.2) is 0 Å². The van der Waals surface area contributed by atoms with Crippen molar-refractivity contribution >= 4 is 0 Å². The second-order valence-corrected chi connectivity index (χ2v) is 3.84. The van der Waals surface area contributed by atoms with Gasteiger partial charge in [-0.1, -0.05) is 0 Å². The Morgan fingerprint density at radius 3 is 2.00 bits per heavy atom. The van der Waals surface area contributed by atoms with Crippen molar-refractivity contribution in [1.29, 1.82) is 0 Å². The van der Waals surface area contributed by atoms with Crippen LogP contribution in [0.3, 0.4) is 0 Å². The molecule has 2 saturated heterocycles. The minimum atomic E-state index is 0.373. The van der Waals surface area contributed by atoms with Gasteiger partial charge in [-0.3, -0.25) is 0 Å². The molecule has 2 spiro atoms. The summed E-state index contributed by atoms with van der Waals surface area (Å²) >= 11 is 0. The quantitative estimate of drug-likeness (QED) is 0.499. The van der Waals surface area contributed by atoms with Gasteiger partial charge in [-0.2, -0.15) is 0 Å². The van der Waals surface area contributed by atoms with E-state index in [4.69, 9.17) is 4.74 Å². The van der Waals surface area contributed by atoms with E-state index in [0.29, 0.717) is 11.2 Å². The van der Waals surface area contributed by atoms with Gasteiger partial charge in [0, 0.05) is 0 Å². The maximum Gasteiger partial charge on any atom is 0.100 e. The van der Waals surface area contributed by atoms with Crippen LogP contribution in [0.4, 0.5) is 0 Å². The fraction of sp³-hybridized carbons (Fsp3) is 1.00. The lowest BCUT2D eigenvalue weighted by atomic mass is 9.93. The molecule has 10 heavy (non-hydrogen) atoms. The number of piperidine rings is 1. The number of ether oxygens (including phenoxy) is 1. The molecule has 0 aromatic carbocycles. The van der Waals surface area contributed by atoms with Gasteiger partial charge in [-0.25, -0.2) is 0 Å². The molecule has 2 heterocycles. The monoisotopic (exact) mass is 139 g/mol. The number of nitrogens with one attached hydrogen (secondary N) is 1. The minimum absolute atomic E-state index is 0.373. The van der Waals surface area contributed by atoms with Crippen LogP contribution >= 0.6 is 0 Å². The van der Waals surface area contributed by atoms with E-state index in [1.807, 2.05) is 0 Å². The lowest BCUT2D eigenvalue weighted by Gasteiger charge is -2.19. The Labute approximate surface area is 60.9 Å². The highest BCUT2D eigenvalue weighted by atomic mass is 16.6. The van der Waals surface area contributed by atoms with Gasteiger partial charge in [-0.05, 0) is 38.8 Å². The first-order valence-corrected chi connectivity index (χ1v) is 4.28. The van der Waals surface area contributed by atoms with Crippen LogP contribution in [-0.2, 0) is 4.74 Å². The van der Waals surface area contributed by atoms with Crippen LogP contribution in [0.2, 0.25) is 0 Å². The molecule has 3 aliphatic rings. The second kappa shape index (κ2) is 1.41. The molecule has 1 aliphatic carbocycles. The molecule has 0 amide bonds. The van der Waals surface area contributed by atoms with Crippen molar-refractivity contribution in [1.82, 2.24) is 5.32 Å². The van der Waals surface area contributed by atoms with E-state index in [1.54, 1.807) is 0 Å². The van der Waals surface area contributed by atoms with Crippen LogP contribution in [0.25, 0.3) is 0 Å². The molecule has 0 aromatic heterocycles. The van der Waals surface area contributed by atoms with Gasteiger partial charge in [0.05, 0.1) is 5.60 Å². The summed E-state index contributed by atoms with van der Waals surface area (Å²) in [6.45, 7) is 2.34. The normalized spacial score (nSPS) is 38.4. The molecule has 2 nitrogen and oxygen atoms in total. The summed E-state index contributed by atoms with van der Waals surface area (Å²) in [7, 11) is 0. The third-order valence-electron chi connectivity index (χ3n) is 3.29. The molecule has 2 heteroatoms. The van der Waals surface area contributed by atoms with E-state index in [2.05, 4.69) is 5.32 Å². The Hall–Kier alpha value is -0.0800. The third kappa shape index (κ3) is 0.487. The zero-order valence-corrected chi connectivity index (χ0v) is 6.15. The topological polar surface area (TPSA) is 24.6 Å². The molecule has 0 unspecified atom stereocenters. The maximum atomic E-state index is 5.80. The third-order valence-corrected chi connectivity index (χ3v) is 3.29. The van der Waals surface area contributed by atoms with Crippen molar-refractivity contribution < 1.29 is 4.74 Å². The van der Waals surface area contributed by atoms with Gasteiger partial charge in [0.2, 0.25) is 0 Å². The number of fused-ring (bicyclic) bond motifs is 1. The number of hydrogen-bond acceptors (Lipinski definition) is 2. The fourth-order valence-corrected chi connectivity index (χ4v) is 2.41. The summed E-state index contributed by atoms with van der Waals surface area (Å²) in [5.41, 5.74) is 0.799. The predicted molar refractivity (Wildman–Crippen MR) is 37.9 cm³/mol. The first kappa shape index (κ1) is 5.56. The SMILES string of the molecule is C1CC2(CCN1)OC21CC1. The Morgan fingerprint density at radius 1 is 0.900 bits per heavy atom. The Morgan fingerprint density at radius 2 is 1.50 bits per heavy atom. The standard InChI is InChI=1S/C8H13NO/c1-2-7(1)8(10-7)3-5-9-6-4-8/h9H,1-6H2. The molecule has 1 N–H and O–H groups in total. The molecule has 0 aromatic rings. The average molecular weight is 139 g/mol. The van der Waals surface area contributed by atoms with E-state index >= 15 is 0 Å². The summed E-state index contributed by atoms with van der Waals surface area (Å²) in [6, 6.07) is 0. The van der Waals surface area contributed by atoms with Crippen molar-refractivity contribution in [2.24, 2.45) is 0 Å². The van der Waals surface area contributed by atoms with Gasteiger partial charge in [0.1, 0.15) is 5.60 Å². The van der Waals surface area contributed by atoms with E-state index in [1.165, 1.54) is 38.8 Å². The molecule has 0 radical (unpaired) electrons. The highest BCUT2D eigenvalue weighted by Crippen LogP contribution is 2.67. The largest absolute Gasteiger partial charge is 0.362 e. The number of hydrogen-bond donors (Lipinski definition) is 1. The van der Waals surface area contributed by atoms with E-state index < -0.39 is 0 Å². The summed E-state index contributed by atoms with van der Waals surface area (Å²) in [6.07, 6.45) is 5.19. The fourth-order valence-electron chi connectivity index (χ4n) is 2.41. The van der Waals surface area contributed by atoms with Crippen LogP contribution in [0.5, 0.6) is 0 Å². The van der Waals surface area contributed by atoms with Crippen LogP contribution in [-0.4, -0.2) is 24.3 Å². The number of epoxide rings is 1.